The molecule has 2 nitrogen and oxygen atoms in total. The van der Waals surface area contributed by atoms with E-state index >= 15 is 0 Å². The Hall–Kier alpha value is -0.790. The van der Waals surface area contributed by atoms with Crippen molar-refractivity contribution in [3.05, 3.63) is 12.7 Å². The van der Waals surface area contributed by atoms with Gasteiger partial charge >= 0.3 is 5.97 Å². The Morgan fingerprint density at radius 3 is 2.53 bits per heavy atom. The van der Waals surface area contributed by atoms with E-state index in [-0.39, 0.29) is 5.97 Å². The van der Waals surface area contributed by atoms with Crippen molar-refractivity contribution in [2.45, 2.75) is 46.5 Å². The van der Waals surface area contributed by atoms with Crippen LogP contribution in [0.4, 0.5) is 0 Å². The first kappa shape index (κ1) is 14.2. The van der Waals surface area contributed by atoms with E-state index < -0.39 is 0 Å². The zero-order valence-electron chi connectivity index (χ0n) is 10.3. The summed E-state index contributed by atoms with van der Waals surface area (Å²) >= 11 is 0. The molecule has 88 valence electrons. The van der Waals surface area contributed by atoms with E-state index in [1.54, 1.807) is 0 Å². The molecule has 0 radical (unpaired) electrons. The Kier molecular flexibility index (Phi) is 8.06. The molecule has 0 aliphatic carbocycles. The van der Waals surface area contributed by atoms with Gasteiger partial charge in [0.1, 0.15) is 0 Å². The second-order valence-electron chi connectivity index (χ2n) is 4.31. The molecule has 0 bridgehead atoms. The zero-order valence-corrected chi connectivity index (χ0v) is 10.3. The highest BCUT2D eigenvalue weighted by atomic mass is 16.5. The molecule has 0 aliphatic heterocycles. The fourth-order valence-electron chi connectivity index (χ4n) is 1.65. The highest BCUT2D eigenvalue weighted by Crippen LogP contribution is 2.21. The molecule has 0 aromatic carbocycles. The minimum atomic E-state index is -0.312. The SMILES string of the molecule is C=CC(=O)OCCC(CCCC)C(C)C. The van der Waals surface area contributed by atoms with E-state index in [1.807, 2.05) is 0 Å². The van der Waals surface area contributed by atoms with Crippen molar-refractivity contribution in [2.24, 2.45) is 11.8 Å². The van der Waals surface area contributed by atoms with E-state index in [1.165, 1.54) is 25.3 Å². The lowest BCUT2D eigenvalue weighted by Gasteiger charge is -2.20. The van der Waals surface area contributed by atoms with Crippen LogP contribution in [0.3, 0.4) is 0 Å². The third kappa shape index (κ3) is 7.18. The molecule has 1 unspecified atom stereocenters. The molecule has 0 aromatic rings. The van der Waals surface area contributed by atoms with Crippen LogP contribution in [0.1, 0.15) is 46.5 Å². The Bertz CT molecular complexity index is 185. The quantitative estimate of drug-likeness (QED) is 0.454. The highest BCUT2D eigenvalue weighted by Gasteiger charge is 2.13. The summed E-state index contributed by atoms with van der Waals surface area (Å²) in [4.78, 5) is 10.8. The smallest absolute Gasteiger partial charge is 0.330 e. The van der Waals surface area contributed by atoms with Crippen molar-refractivity contribution in [1.82, 2.24) is 0 Å². The van der Waals surface area contributed by atoms with Crippen molar-refractivity contribution in [2.75, 3.05) is 6.61 Å². The van der Waals surface area contributed by atoms with E-state index in [0.717, 1.165) is 6.42 Å². The van der Waals surface area contributed by atoms with Crippen molar-refractivity contribution in [3.8, 4) is 0 Å². The summed E-state index contributed by atoms with van der Waals surface area (Å²) in [6.07, 6.45) is 5.92. The fraction of sp³-hybridized carbons (Fsp3) is 0.769. The van der Waals surface area contributed by atoms with E-state index in [9.17, 15) is 4.79 Å². The van der Waals surface area contributed by atoms with Crippen LogP contribution in [0.5, 0.6) is 0 Å². The van der Waals surface area contributed by atoms with E-state index in [4.69, 9.17) is 4.74 Å². The Morgan fingerprint density at radius 2 is 2.07 bits per heavy atom. The molecule has 0 saturated carbocycles. The molecule has 0 heterocycles. The van der Waals surface area contributed by atoms with Gasteiger partial charge in [-0.1, -0.05) is 46.6 Å². The number of hydrogen-bond acceptors (Lipinski definition) is 2. The molecule has 0 aromatic heterocycles. The third-order valence-electron chi connectivity index (χ3n) is 2.77. The van der Waals surface area contributed by atoms with Crippen LogP contribution >= 0.6 is 0 Å². The molecule has 2 heteroatoms. The molecule has 0 rings (SSSR count). The predicted molar refractivity (Wildman–Crippen MR) is 63.6 cm³/mol. The largest absolute Gasteiger partial charge is 0.463 e. The minimum absolute atomic E-state index is 0.312. The van der Waals surface area contributed by atoms with Gasteiger partial charge in [0.05, 0.1) is 6.61 Å². The molecule has 0 N–H and O–H groups in total. The second kappa shape index (κ2) is 8.51. The molecule has 0 saturated heterocycles. The summed E-state index contributed by atoms with van der Waals surface area (Å²) in [6, 6.07) is 0. The first-order valence-electron chi connectivity index (χ1n) is 5.91. The number of rotatable bonds is 8. The topological polar surface area (TPSA) is 26.3 Å². The summed E-state index contributed by atoms with van der Waals surface area (Å²) in [5.41, 5.74) is 0. The number of carbonyl (C=O) groups excluding carboxylic acids is 1. The maximum Gasteiger partial charge on any atom is 0.330 e. The molecular formula is C13H24O2. The molecule has 15 heavy (non-hydrogen) atoms. The summed E-state index contributed by atoms with van der Waals surface area (Å²) in [6.45, 7) is 10.6. The maximum atomic E-state index is 10.8. The van der Waals surface area contributed by atoms with Gasteiger partial charge in [0, 0.05) is 6.08 Å². The first-order valence-corrected chi connectivity index (χ1v) is 5.91. The van der Waals surface area contributed by atoms with Crippen molar-refractivity contribution >= 4 is 5.97 Å². The normalized spacial score (nSPS) is 12.5. The zero-order chi connectivity index (χ0) is 11.7. The monoisotopic (exact) mass is 212 g/mol. The summed E-state index contributed by atoms with van der Waals surface area (Å²) in [5.74, 6) is 1.02. The highest BCUT2D eigenvalue weighted by molar-refractivity contribution is 5.81. The van der Waals surface area contributed by atoms with Gasteiger partial charge in [0.15, 0.2) is 0 Å². The van der Waals surface area contributed by atoms with Crippen LogP contribution in [0.25, 0.3) is 0 Å². The minimum Gasteiger partial charge on any atom is -0.463 e. The number of carbonyl (C=O) groups is 1. The van der Waals surface area contributed by atoms with Crippen LogP contribution in [0.15, 0.2) is 12.7 Å². The molecular weight excluding hydrogens is 188 g/mol. The Morgan fingerprint density at radius 1 is 1.40 bits per heavy atom. The average Bonchev–Trinajstić information content (AvgIpc) is 2.22. The average molecular weight is 212 g/mol. The Labute approximate surface area is 93.7 Å². The number of esters is 1. The van der Waals surface area contributed by atoms with Crippen molar-refractivity contribution in [1.29, 1.82) is 0 Å². The first-order chi connectivity index (χ1) is 7.11. The second-order valence-corrected chi connectivity index (χ2v) is 4.31. The third-order valence-corrected chi connectivity index (χ3v) is 2.77. The van der Waals surface area contributed by atoms with Gasteiger partial charge in [-0.3, -0.25) is 0 Å². The molecule has 0 fully saturated rings. The van der Waals surface area contributed by atoms with Crippen LogP contribution < -0.4 is 0 Å². The molecule has 0 amide bonds. The van der Waals surface area contributed by atoms with Gasteiger partial charge in [0.2, 0.25) is 0 Å². The summed E-state index contributed by atoms with van der Waals surface area (Å²) in [5, 5.41) is 0. The van der Waals surface area contributed by atoms with Gasteiger partial charge in [0.25, 0.3) is 0 Å². The predicted octanol–water partition coefficient (Wildman–Crippen LogP) is 3.57. The maximum absolute atomic E-state index is 10.8. The molecule has 1 atom stereocenters. The van der Waals surface area contributed by atoms with Crippen LogP contribution in [0.2, 0.25) is 0 Å². The number of unbranched alkanes of at least 4 members (excludes halogenated alkanes) is 1. The van der Waals surface area contributed by atoms with E-state index in [0.29, 0.717) is 18.4 Å². The van der Waals surface area contributed by atoms with Crippen LogP contribution in [-0.4, -0.2) is 12.6 Å². The van der Waals surface area contributed by atoms with Crippen LogP contribution in [0, 0.1) is 11.8 Å². The van der Waals surface area contributed by atoms with Gasteiger partial charge < -0.3 is 4.74 Å². The lowest BCUT2D eigenvalue weighted by atomic mass is 9.88. The Balaban J connectivity index is 3.75. The number of hydrogen-bond donors (Lipinski definition) is 0. The summed E-state index contributed by atoms with van der Waals surface area (Å²) < 4.78 is 4.99. The molecule has 0 aliphatic rings. The van der Waals surface area contributed by atoms with Crippen molar-refractivity contribution < 1.29 is 9.53 Å². The summed E-state index contributed by atoms with van der Waals surface area (Å²) in [7, 11) is 0. The standard InChI is InChI=1S/C13H24O2/c1-5-7-8-12(11(3)4)9-10-15-13(14)6-2/h6,11-12H,2,5,7-10H2,1,3-4H3. The van der Waals surface area contributed by atoms with Gasteiger partial charge in [-0.2, -0.15) is 0 Å². The lowest BCUT2D eigenvalue weighted by Crippen LogP contribution is -2.13. The van der Waals surface area contributed by atoms with Gasteiger partial charge in [-0.25, -0.2) is 4.79 Å². The van der Waals surface area contributed by atoms with Gasteiger partial charge in [-0.15, -0.1) is 0 Å². The van der Waals surface area contributed by atoms with Crippen molar-refractivity contribution in [3.63, 3.8) is 0 Å². The molecule has 0 spiro atoms. The fourth-order valence-corrected chi connectivity index (χ4v) is 1.65. The number of ether oxygens (including phenoxy) is 1. The van der Waals surface area contributed by atoms with Crippen LogP contribution in [-0.2, 0) is 9.53 Å². The lowest BCUT2D eigenvalue weighted by molar-refractivity contribution is -0.138. The van der Waals surface area contributed by atoms with Gasteiger partial charge in [-0.05, 0) is 18.3 Å². The van der Waals surface area contributed by atoms with E-state index in [2.05, 4.69) is 27.4 Å².